The number of halogens is 1. The third kappa shape index (κ3) is 2.86. The molecule has 3 heteroatoms. The number of aromatic nitrogens is 1. The first kappa shape index (κ1) is 11.7. The van der Waals surface area contributed by atoms with E-state index in [1.54, 1.807) is 11.8 Å². The Kier molecular flexibility index (Phi) is 3.66. The molecule has 0 aliphatic rings. The second kappa shape index (κ2) is 5.02. The van der Waals surface area contributed by atoms with Crippen molar-refractivity contribution in [1.82, 2.24) is 4.98 Å². The van der Waals surface area contributed by atoms with Crippen molar-refractivity contribution in [2.24, 2.45) is 0 Å². The predicted octanol–water partition coefficient (Wildman–Crippen LogP) is 4.61. The minimum absolute atomic E-state index is 0.876. The van der Waals surface area contributed by atoms with Crippen molar-refractivity contribution in [3.05, 3.63) is 52.1 Å². The van der Waals surface area contributed by atoms with Crippen LogP contribution in [0, 0.1) is 13.8 Å². The van der Waals surface area contributed by atoms with Crippen molar-refractivity contribution in [1.29, 1.82) is 0 Å². The van der Waals surface area contributed by atoms with E-state index in [2.05, 4.69) is 53.0 Å². The quantitative estimate of drug-likeness (QED) is 0.750. The fraction of sp³-hybridized carbons (Fsp3) is 0.154. The second-order valence-corrected chi connectivity index (χ2v) is 5.55. The van der Waals surface area contributed by atoms with E-state index in [1.807, 2.05) is 18.2 Å². The number of aryl methyl sites for hydroxylation is 2. The molecular weight excluding hydrogens is 282 g/mol. The molecule has 0 atom stereocenters. The summed E-state index contributed by atoms with van der Waals surface area (Å²) < 4.78 is 0.876. The lowest BCUT2D eigenvalue weighted by atomic mass is 10.1. The van der Waals surface area contributed by atoms with Crippen molar-refractivity contribution >= 4 is 27.7 Å². The molecule has 0 N–H and O–H groups in total. The highest BCUT2D eigenvalue weighted by atomic mass is 79.9. The maximum atomic E-state index is 4.40. The molecule has 0 radical (unpaired) electrons. The van der Waals surface area contributed by atoms with E-state index in [9.17, 15) is 0 Å². The molecule has 0 amide bonds. The van der Waals surface area contributed by atoms with Crippen LogP contribution in [0.25, 0.3) is 0 Å². The lowest BCUT2D eigenvalue weighted by Gasteiger charge is -2.04. The zero-order valence-corrected chi connectivity index (χ0v) is 11.6. The highest BCUT2D eigenvalue weighted by molar-refractivity contribution is 9.10. The predicted molar refractivity (Wildman–Crippen MR) is 72.0 cm³/mol. The molecule has 0 aliphatic heterocycles. The zero-order valence-electron chi connectivity index (χ0n) is 9.20. The van der Waals surface area contributed by atoms with Crippen LogP contribution in [-0.2, 0) is 0 Å². The van der Waals surface area contributed by atoms with Crippen molar-refractivity contribution < 1.29 is 0 Å². The summed E-state index contributed by atoms with van der Waals surface area (Å²) >= 11 is 5.06. The number of rotatable bonds is 2. The molecule has 2 rings (SSSR count). The molecule has 1 aromatic carbocycles. The van der Waals surface area contributed by atoms with Crippen molar-refractivity contribution in [2.75, 3.05) is 0 Å². The topological polar surface area (TPSA) is 12.9 Å². The number of benzene rings is 1. The Morgan fingerprint density at radius 2 is 1.88 bits per heavy atom. The Morgan fingerprint density at radius 3 is 2.56 bits per heavy atom. The summed E-state index contributed by atoms with van der Waals surface area (Å²) in [5.41, 5.74) is 2.64. The minimum Gasteiger partial charge on any atom is -0.234 e. The normalized spacial score (nSPS) is 10.4. The van der Waals surface area contributed by atoms with Crippen LogP contribution in [0.1, 0.15) is 11.1 Å². The molecular formula is C13H12BrNS. The van der Waals surface area contributed by atoms with E-state index in [0.717, 1.165) is 9.63 Å². The average Bonchev–Trinajstić information content (AvgIpc) is 2.24. The van der Waals surface area contributed by atoms with Gasteiger partial charge in [-0.15, -0.1) is 0 Å². The van der Waals surface area contributed by atoms with Crippen LogP contribution in [0.2, 0.25) is 0 Å². The standard InChI is InChI=1S/C13H12BrNS/c1-9-6-7-11(8-10(9)2)16-13-5-3-4-12(14)15-13/h3-8H,1-2H3. The van der Waals surface area contributed by atoms with Crippen molar-refractivity contribution in [2.45, 2.75) is 23.8 Å². The van der Waals surface area contributed by atoms with Crippen LogP contribution >= 0.6 is 27.7 Å². The largest absolute Gasteiger partial charge is 0.234 e. The van der Waals surface area contributed by atoms with E-state index in [1.165, 1.54) is 16.0 Å². The van der Waals surface area contributed by atoms with Crippen LogP contribution in [0.3, 0.4) is 0 Å². The SMILES string of the molecule is Cc1ccc(Sc2cccc(Br)n2)cc1C. The van der Waals surface area contributed by atoms with Gasteiger partial charge in [-0.25, -0.2) is 4.98 Å². The van der Waals surface area contributed by atoms with E-state index >= 15 is 0 Å². The van der Waals surface area contributed by atoms with Crippen LogP contribution in [0.4, 0.5) is 0 Å². The van der Waals surface area contributed by atoms with Gasteiger partial charge < -0.3 is 0 Å². The number of hydrogen-bond donors (Lipinski definition) is 0. The first-order valence-corrected chi connectivity index (χ1v) is 6.64. The van der Waals surface area contributed by atoms with Crippen LogP contribution in [0.5, 0.6) is 0 Å². The monoisotopic (exact) mass is 293 g/mol. The van der Waals surface area contributed by atoms with Gasteiger partial charge in [0.25, 0.3) is 0 Å². The molecule has 1 heterocycles. The van der Waals surface area contributed by atoms with Gasteiger partial charge in [0.15, 0.2) is 0 Å². The van der Waals surface area contributed by atoms with Gasteiger partial charge in [-0.1, -0.05) is 23.9 Å². The molecule has 0 saturated heterocycles. The van der Waals surface area contributed by atoms with Crippen LogP contribution in [0.15, 0.2) is 50.9 Å². The summed E-state index contributed by atoms with van der Waals surface area (Å²) in [6, 6.07) is 12.4. The van der Waals surface area contributed by atoms with Gasteiger partial charge in [0, 0.05) is 4.90 Å². The Balaban J connectivity index is 2.24. The number of pyridine rings is 1. The summed E-state index contributed by atoms with van der Waals surface area (Å²) in [5, 5.41) is 1.01. The Labute approximate surface area is 108 Å². The fourth-order valence-electron chi connectivity index (χ4n) is 1.34. The molecule has 0 unspecified atom stereocenters. The molecule has 0 bridgehead atoms. The molecule has 1 nitrogen and oxygen atoms in total. The number of hydrogen-bond acceptors (Lipinski definition) is 2. The van der Waals surface area contributed by atoms with E-state index in [0.29, 0.717) is 0 Å². The van der Waals surface area contributed by atoms with Gasteiger partial charge in [-0.2, -0.15) is 0 Å². The Morgan fingerprint density at radius 1 is 1.06 bits per heavy atom. The first-order valence-electron chi connectivity index (χ1n) is 5.03. The fourth-order valence-corrected chi connectivity index (χ4v) is 2.71. The lowest BCUT2D eigenvalue weighted by Crippen LogP contribution is -1.83. The molecule has 1 aromatic heterocycles. The van der Waals surface area contributed by atoms with Gasteiger partial charge in [0.2, 0.25) is 0 Å². The maximum absolute atomic E-state index is 4.40. The highest BCUT2D eigenvalue weighted by Crippen LogP contribution is 2.28. The summed E-state index contributed by atoms with van der Waals surface area (Å²) in [6.07, 6.45) is 0. The minimum atomic E-state index is 0.876. The summed E-state index contributed by atoms with van der Waals surface area (Å²) in [4.78, 5) is 5.63. The molecule has 2 aromatic rings. The van der Waals surface area contributed by atoms with Crippen molar-refractivity contribution in [3.8, 4) is 0 Å². The van der Waals surface area contributed by atoms with E-state index < -0.39 is 0 Å². The Hall–Kier alpha value is -0.800. The zero-order chi connectivity index (χ0) is 11.5. The Bertz CT molecular complexity index is 511. The average molecular weight is 294 g/mol. The summed E-state index contributed by atoms with van der Waals surface area (Å²) in [7, 11) is 0. The van der Waals surface area contributed by atoms with Crippen LogP contribution in [-0.4, -0.2) is 4.98 Å². The molecule has 0 aliphatic carbocycles. The van der Waals surface area contributed by atoms with Gasteiger partial charge in [0.05, 0.1) is 0 Å². The van der Waals surface area contributed by atoms with Gasteiger partial charge >= 0.3 is 0 Å². The highest BCUT2D eigenvalue weighted by Gasteiger charge is 2.01. The third-order valence-electron chi connectivity index (χ3n) is 2.39. The molecule has 16 heavy (non-hydrogen) atoms. The molecule has 0 fully saturated rings. The second-order valence-electron chi connectivity index (χ2n) is 3.65. The summed E-state index contributed by atoms with van der Waals surface area (Å²) in [6.45, 7) is 4.26. The molecule has 0 spiro atoms. The lowest BCUT2D eigenvalue weighted by molar-refractivity contribution is 1.10. The smallest absolute Gasteiger partial charge is 0.107 e. The molecule has 82 valence electrons. The van der Waals surface area contributed by atoms with Gasteiger partial charge in [-0.05, 0) is 65.2 Å². The maximum Gasteiger partial charge on any atom is 0.107 e. The van der Waals surface area contributed by atoms with E-state index in [4.69, 9.17) is 0 Å². The van der Waals surface area contributed by atoms with Crippen molar-refractivity contribution in [3.63, 3.8) is 0 Å². The van der Waals surface area contributed by atoms with Gasteiger partial charge in [-0.3, -0.25) is 0 Å². The molecule has 0 saturated carbocycles. The third-order valence-corrected chi connectivity index (χ3v) is 3.76. The van der Waals surface area contributed by atoms with Gasteiger partial charge in [0.1, 0.15) is 9.63 Å². The summed E-state index contributed by atoms with van der Waals surface area (Å²) in [5.74, 6) is 0. The first-order chi connectivity index (χ1) is 7.65. The number of nitrogens with zero attached hydrogens (tertiary/aromatic N) is 1. The van der Waals surface area contributed by atoms with E-state index in [-0.39, 0.29) is 0 Å². The van der Waals surface area contributed by atoms with Crippen LogP contribution < -0.4 is 0 Å².